The summed E-state index contributed by atoms with van der Waals surface area (Å²) < 4.78 is 0. The topological polar surface area (TPSA) is 32.3 Å². The van der Waals surface area contributed by atoms with Gasteiger partial charge in [-0.05, 0) is 36.6 Å². The molecule has 0 saturated heterocycles. The molecule has 2 aromatic rings. The lowest BCUT2D eigenvalue weighted by molar-refractivity contribution is 0.476. The normalized spacial score (nSPS) is 10.2. The minimum absolute atomic E-state index is 0.309. The zero-order valence-corrected chi connectivity index (χ0v) is 10.2. The number of nitrogens with one attached hydrogen (secondary N) is 1. The van der Waals surface area contributed by atoms with Crippen molar-refractivity contribution in [3.63, 3.8) is 0 Å². The molecule has 0 unspecified atom stereocenters. The van der Waals surface area contributed by atoms with Crippen molar-refractivity contribution in [2.45, 2.75) is 20.4 Å². The number of anilines is 1. The molecule has 0 bridgehead atoms. The molecule has 0 amide bonds. The molecule has 2 aromatic carbocycles. The Bertz CT molecular complexity index is 506. The van der Waals surface area contributed by atoms with Crippen LogP contribution in [0.15, 0.2) is 42.5 Å². The summed E-state index contributed by atoms with van der Waals surface area (Å²) in [7, 11) is 0. The predicted octanol–water partition coefficient (Wildman–Crippen LogP) is 3.62. The fourth-order valence-electron chi connectivity index (χ4n) is 1.81. The van der Waals surface area contributed by atoms with Gasteiger partial charge >= 0.3 is 0 Å². The molecule has 2 rings (SSSR count). The molecule has 0 spiro atoms. The summed E-state index contributed by atoms with van der Waals surface area (Å²) in [4.78, 5) is 0. The van der Waals surface area contributed by atoms with Gasteiger partial charge in [0.05, 0.1) is 5.69 Å². The van der Waals surface area contributed by atoms with E-state index < -0.39 is 0 Å². The van der Waals surface area contributed by atoms with Crippen molar-refractivity contribution in [2.75, 3.05) is 5.32 Å². The van der Waals surface area contributed by atoms with Crippen LogP contribution >= 0.6 is 0 Å². The van der Waals surface area contributed by atoms with E-state index in [1.165, 1.54) is 11.1 Å². The van der Waals surface area contributed by atoms with Crippen LogP contribution in [-0.4, -0.2) is 5.11 Å². The lowest BCUT2D eigenvalue weighted by Crippen LogP contribution is -2.02. The second-order valence-electron chi connectivity index (χ2n) is 4.24. The molecular weight excluding hydrogens is 210 g/mol. The van der Waals surface area contributed by atoms with Crippen LogP contribution < -0.4 is 5.32 Å². The number of aryl methyl sites for hydroxylation is 1. The Morgan fingerprint density at radius 1 is 1.00 bits per heavy atom. The van der Waals surface area contributed by atoms with Crippen LogP contribution in [0.2, 0.25) is 0 Å². The van der Waals surface area contributed by atoms with Crippen molar-refractivity contribution in [1.82, 2.24) is 0 Å². The van der Waals surface area contributed by atoms with E-state index in [1.54, 1.807) is 6.07 Å². The fourth-order valence-corrected chi connectivity index (χ4v) is 1.81. The first-order chi connectivity index (χ1) is 8.18. The molecule has 0 aliphatic heterocycles. The van der Waals surface area contributed by atoms with Crippen LogP contribution in [0.4, 0.5) is 5.69 Å². The second kappa shape index (κ2) is 4.91. The van der Waals surface area contributed by atoms with E-state index in [0.29, 0.717) is 5.75 Å². The quantitative estimate of drug-likeness (QED) is 0.785. The van der Waals surface area contributed by atoms with Gasteiger partial charge in [0, 0.05) is 6.54 Å². The van der Waals surface area contributed by atoms with Gasteiger partial charge in [-0.15, -0.1) is 0 Å². The average molecular weight is 227 g/mol. The SMILES string of the molecule is Cc1ccc(O)c(NCc2ccccc2)c1C. The van der Waals surface area contributed by atoms with E-state index in [0.717, 1.165) is 17.8 Å². The van der Waals surface area contributed by atoms with Gasteiger partial charge in [-0.1, -0.05) is 36.4 Å². The van der Waals surface area contributed by atoms with Crippen molar-refractivity contribution in [3.05, 3.63) is 59.2 Å². The Morgan fingerprint density at radius 2 is 1.71 bits per heavy atom. The van der Waals surface area contributed by atoms with Crippen LogP contribution in [0.1, 0.15) is 16.7 Å². The summed E-state index contributed by atoms with van der Waals surface area (Å²) in [6, 6.07) is 13.8. The zero-order valence-electron chi connectivity index (χ0n) is 10.2. The van der Waals surface area contributed by atoms with Gasteiger partial charge in [0.2, 0.25) is 0 Å². The number of hydrogen-bond donors (Lipinski definition) is 2. The molecule has 0 aromatic heterocycles. The Balaban J connectivity index is 2.17. The highest BCUT2D eigenvalue weighted by molar-refractivity contribution is 5.63. The van der Waals surface area contributed by atoms with Gasteiger partial charge in [0.15, 0.2) is 0 Å². The first-order valence-electron chi connectivity index (χ1n) is 5.75. The number of benzene rings is 2. The molecule has 0 heterocycles. The Morgan fingerprint density at radius 3 is 2.41 bits per heavy atom. The molecule has 17 heavy (non-hydrogen) atoms. The van der Waals surface area contributed by atoms with Gasteiger partial charge in [-0.25, -0.2) is 0 Å². The van der Waals surface area contributed by atoms with Crippen molar-refractivity contribution in [1.29, 1.82) is 0 Å². The lowest BCUT2D eigenvalue weighted by Gasteiger charge is -2.13. The molecule has 2 nitrogen and oxygen atoms in total. The van der Waals surface area contributed by atoms with Crippen molar-refractivity contribution in [2.24, 2.45) is 0 Å². The van der Waals surface area contributed by atoms with Crippen molar-refractivity contribution < 1.29 is 5.11 Å². The number of aromatic hydroxyl groups is 1. The maximum Gasteiger partial charge on any atom is 0.138 e. The highest BCUT2D eigenvalue weighted by atomic mass is 16.3. The van der Waals surface area contributed by atoms with Gasteiger partial charge < -0.3 is 10.4 Å². The molecule has 0 fully saturated rings. The molecule has 0 aliphatic carbocycles. The molecule has 0 radical (unpaired) electrons. The maximum absolute atomic E-state index is 9.83. The Hall–Kier alpha value is -1.96. The minimum Gasteiger partial charge on any atom is -0.506 e. The van der Waals surface area contributed by atoms with E-state index >= 15 is 0 Å². The second-order valence-corrected chi connectivity index (χ2v) is 4.24. The molecule has 0 atom stereocenters. The fraction of sp³-hybridized carbons (Fsp3) is 0.200. The Labute approximate surface area is 102 Å². The maximum atomic E-state index is 9.83. The van der Waals surface area contributed by atoms with Gasteiger partial charge in [-0.3, -0.25) is 0 Å². The molecule has 88 valence electrons. The molecule has 2 heteroatoms. The summed E-state index contributed by atoms with van der Waals surface area (Å²) in [5.74, 6) is 0.309. The van der Waals surface area contributed by atoms with Crippen LogP contribution in [0, 0.1) is 13.8 Å². The summed E-state index contributed by atoms with van der Waals surface area (Å²) in [6.45, 7) is 4.78. The van der Waals surface area contributed by atoms with Crippen LogP contribution in [0.25, 0.3) is 0 Å². The number of phenols is 1. The van der Waals surface area contributed by atoms with Crippen molar-refractivity contribution in [3.8, 4) is 5.75 Å². The van der Waals surface area contributed by atoms with E-state index in [9.17, 15) is 5.11 Å². The third-order valence-electron chi connectivity index (χ3n) is 3.03. The molecular formula is C15H17NO. The Kier molecular flexibility index (Phi) is 3.33. The van der Waals surface area contributed by atoms with Crippen molar-refractivity contribution >= 4 is 5.69 Å². The third kappa shape index (κ3) is 2.59. The molecule has 2 N–H and O–H groups in total. The predicted molar refractivity (Wildman–Crippen MR) is 71.3 cm³/mol. The van der Waals surface area contributed by atoms with E-state index in [1.807, 2.05) is 38.1 Å². The molecule has 0 saturated carbocycles. The third-order valence-corrected chi connectivity index (χ3v) is 3.03. The van der Waals surface area contributed by atoms with Gasteiger partial charge in [0.25, 0.3) is 0 Å². The van der Waals surface area contributed by atoms with Gasteiger partial charge in [-0.2, -0.15) is 0 Å². The minimum atomic E-state index is 0.309. The highest BCUT2D eigenvalue weighted by Crippen LogP contribution is 2.29. The standard InChI is InChI=1S/C15H17NO/c1-11-8-9-14(17)15(12(11)2)16-10-13-6-4-3-5-7-13/h3-9,16-17H,10H2,1-2H3. The van der Waals surface area contributed by atoms with E-state index in [4.69, 9.17) is 0 Å². The van der Waals surface area contributed by atoms with E-state index in [2.05, 4.69) is 17.4 Å². The van der Waals surface area contributed by atoms with Gasteiger partial charge in [0.1, 0.15) is 5.75 Å². The lowest BCUT2D eigenvalue weighted by atomic mass is 10.1. The number of rotatable bonds is 3. The summed E-state index contributed by atoms with van der Waals surface area (Å²) >= 11 is 0. The average Bonchev–Trinajstić information content (AvgIpc) is 2.35. The van der Waals surface area contributed by atoms with E-state index in [-0.39, 0.29) is 0 Å². The first kappa shape index (κ1) is 11.5. The van der Waals surface area contributed by atoms with Crippen LogP contribution in [-0.2, 0) is 6.54 Å². The van der Waals surface area contributed by atoms with Crippen LogP contribution in [0.3, 0.4) is 0 Å². The summed E-state index contributed by atoms with van der Waals surface area (Å²) in [6.07, 6.45) is 0. The number of phenolic OH excluding ortho intramolecular Hbond substituents is 1. The summed E-state index contributed by atoms with van der Waals surface area (Å²) in [5.41, 5.74) is 4.31. The summed E-state index contributed by atoms with van der Waals surface area (Å²) in [5, 5.41) is 13.1. The monoisotopic (exact) mass is 227 g/mol. The largest absolute Gasteiger partial charge is 0.506 e. The molecule has 0 aliphatic rings. The first-order valence-corrected chi connectivity index (χ1v) is 5.75. The van der Waals surface area contributed by atoms with Crippen LogP contribution in [0.5, 0.6) is 5.75 Å². The smallest absolute Gasteiger partial charge is 0.138 e. The highest BCUT2D eigenvalue weighted by Gasteiger charge is 2.06. The zero-order chi connectivity index (χ0) is 12.3. The number of hydrogen-bond acceptors (Lipinski definition) is 2.